The molecule has 0 unspecified atom stereocenters. The van der Waals surface area contributed by atoms with E-state index in [2.05, 4.69) is 10.6 Å². The van der Waals surface area contributed by atoms with Gasteiger partial charge in [0.15, 0.2) is 0 Å². The fraction of sp³-hybridized carbons (Fsp3) is 0.857. The lowest BCUT2D eigenvalue weighted by atomic mass is 10.5. The Kier molecular flexibility index (Phi) is 3.83. The molecule has 12 heavy (non-hydrogen) atoms. The van der Waals surface area contributed by atoms with Gasteiger partial charge in [0.1, 0.15) is 0 Å². The van der Waals surface area contributed by atoms with E-state index in [9.17, 15) is 4.79 Å². The SMILES string of the molecule is NC(=O)N1CCNCCNCC1. The molecule has 0 bridgehead atoms. The van der Waals surface area contributed by atoms with E-state index in [0.29, 0.717) is 13.1 Å². The van der Waals surface area contributed by atoms with Gasteiger partial charge in [-0.15, -0.1) is 0 Å². The van der Waals surface area contributed by atoms with Crippen LogP contribution in [0.3, 0.4) is 0 Å². The molecule has 0 aromatic carbocycles. The van der Waals surface area contributed by atoms with Crippen molar-refractivity contribution in [3.8, 4) is 0 Å². The zero-order valence-corrected chi connectivity index (χ0v) is 7.18. The first kappa shape index (κ1) is 9.28. The van der Waals surface area contributed by atoms with Gasteiger partial charge in [-0.05, 0) is 0 Å². The Morgan fingerprint density at radius 3 is 2.00 bits per heavy atom. The quantitative estimate of drug-likeness (QED) is 0.419. The summed E-state index contributed by atoms with van der Waals surface area (Å²) in [5.74, 6) is 0. The smallest absolute Gasteiger partial charge is 0.314 e. The predicted molar refractivity (Wildman–Crippen MR) is 46.9 cm³/mol. The van der Waals surface area contributed by atoms with Crippen LogP contribution in [0.25, 0.3) is 0 Å². The van der Waals surface area contributed by atoms with E-state index in [1.807, 2.05) is 0 Å². The summed E-state index contributed by atoms with van der Waals surface area (Å²) in [6.45, 7) is 4.96. The van der Waals surface area contributed by atoms with Crippen LogP contribution in [0, 0.1) is 0 Å². The Balaban J connectivity index is 2.33. The van der Waals surface area contributed by atoms with Crippen molar-refractivity contribution in [3.05, 3.63) is 0 Å². The average Bonchev–Trinajstić information content (AvgIpc) is 2.15. The molecule has 1 heterocycles. The van der Waals surface area contributed by atoms with E-state index in [0.717, 1.165) is 26.2 Å². The lowest BCUT2D eigenvalue weighted by molar-refractivity contribution is 0.209. The van der Waals surface area contributed by atoms with Gasteiger partial charge in [0, 0.05) is 39.3 Å². The van der Waals surface area contributed by atoms with Crippen molar-refractivity contribution in [1.29, 1.82) is 0 Å². The van der Waals surface area contributed by atoms with Crippen LogP contribution in [0.2, 0.25) is 0 Å². The molecule has 0 aromatic heterocycles. The predicted octanol–water partition coefficient (Wildman–Crippen LogP) is -1.44. The number of nitrogens with one attached hydrogen (secondary N) is 2. The first-order valence-corrected chi connectivity index (χ1v) is 4.26. The number of nitrogens with two attached hydrogens (primary N) is 1. The number of amides is 2. The zero-order valence-electron chi connectivity index (χ0n) is 7.18. The van der Waals surface area contributed by atoms with Crippen LogP contribution >= 0.6 is 0 Å². The van der Waals surface area contributed by atoms with Gasteiger partial charge in [-0.3, -0.25) is 0 Å². The highest BCUT2D eigenvalue weighted by Crippen LogP contribution is 1.86. The minimum atomic E-state index is -0.333. The van der Waals surface area contributed by atoms with Crippen molar-refractivity contribution in [1.82, 2.24) is 15.5 Å². The van der Waals surface area contributed by atoms with Crippen LogP contribution in [0.5, 0.6) is 0 Å². The summed E-state index contributed by atoms with van der Waals surface area (Å²) in [6.07, 6.45) is 0. The summed E-state index contributed by atoms with van der Waals surface area (Å²) in [6, 6.07) is -0.333. The Labute approximate surface area is 72.3 Å². The molecule has 0 saturated carbocycles. The Hall–Kier alpha value is -0.810. The monoisotopic (exact) mass is 172 g/mol. The van der Waals surface area contributed by atoms with Crippen molar-refractivity contribution >= 4 is 6.03 Å². The van der Waals surface area contributed by atoms with Gasteiger partial charge >= 0.3 is 6.03 Å². The molecule has 1 aliphatic rings. The van der Waals surface area contributed by atoms with E-state index in [4.69, 9.17) is 5.73 Å². The molecule has 0 spiro atoms. The maximum Gasteiger partial charge on any atom is 0.314 e. The minimum Gasteiger partial charge on any atom is -0.351 e. The van der Waals surface area contributed by atoms with Gasteiger partial charge in [0.2, 0.25) is 0 Å². The number of hydrogen-bond acceptors (Lipinski definition) is 3. The van der Waals surface area contributed by atoms with E-state index in [1.54, 1.807) is 4.90 Å². The molecule has 0 radical (unpaired) electrons. The molecule has 0 aliphatic carbocycles. The summed E-state index contributed by atoms with van der Waals surface area (Å²) >= 11 is 0. The lowest BCUT2D eigenvalue weighted by Gasteiger charge is -2.18. The van der Waals surface area contributed by atoms with Crippen LogP contribution < -0.4 is 16.4 Å². The first-order chi connectivity index (χ1) is 5.80. The normalized spacial score (nSPS) is 20.8. The second-order valence-electron chi connectivity index (χ2n) is 2.83. The highest BCUT2D eigenvalue weighted by Gasteiger charge is 2.08. The summed E-state index contributed by atoms with van der Waals surface area (Å²) in [5.41, 5.74) is 5.17. The van der Waals surface area contributed by atoms with E-state index in [1.165, 1.54) is 0 Å². The topological polar surface area (TPSA) is 70.4 Å². The van der Waals surface area contributed by atoms with Crippen LogP contribution in [0.1, 0.15) is 0 Å². The summed E-state index contributed by atoms with van der Waals surface area (Å²) in [5, 5.41) is 6.40. The number of rotatable bonds is 0. The second kappa shape index (κ2) is 4.95. The molecule has 1 saturated heterocycles. The largest absolute Gasteiger partial charge is 0.351 e. The van der Waals surface area contributed by atoms with Crippen LogP contribution in [0.4, 0.5) is 4.79 Å². The summed E-state index contributed by atoms with van der Waals surface area (Å²) < 4.78 is 0. The third-order valence-electron chi connectivity index (χ3n) is 1.91. The van der Waals surface area contributed by atoms with Gasteiger partial charge in [-0.1, -0.05) is 0 Å². The number of nitrogens with zero attached hydrogens (tertiary/aromatic N) is 1. The summed E-state index contributed by atoms with van der Waals surface area (Å²) in [7, 11) is 0. The molecule has 2 amide bonds. The molecule has 1 aliphatic heterocycles. The molecular formula is C7H16N4O. The van der Waals surface area contributed by atoms with Gasteiger partial charge in [0.05, 0.1) is 0 Å². The average molecular weight is 172 g/mol. The van der Waals surface area contributed by atoms with E-state index in [-0.39, 0.29) is 6.03 Å². The molecule has 1 rings (SSSR count). The fourth-order valence-corrected chi connectivity index (χ4v) is 1.19. The van der Waals surface area contributed by atoms with Crippen molar-refractivity contribution in [2.24, 2.45) is 5.73 Å². The molecule has 5 heteroatoms. The van der Waals surface area contributed by atoms with Crippen LogP contribution in [-0.2, 0) is 0 Å². The minimum absolute atomic E-state index is 0.333. The standard InChI is InChI=1S/C7H16N4O/c8-7(12)11-5-3-9-1-2-10-4-6-11/h9-10H,1-6H2,(H2,8,12). The number of hydrogen-bond donors (Lipinski definition) is 3. The highest BCUT2D eigenvalue weighted by molar-refractivity contribution is 5.71. The van der Waals surface area contributed by atoms with Crippen LogP contribution in [-0.4, -0.2) is 50.2 Å². The second-order valence-corrected chi connectivity index (χ2v) is 2.83. The lowest BCUT2D eigenvalue weighted by Crippen LogP contribution is -2.41. The molecule has 1 fully saturated rings. The molecule has 4 N–H and O–H groups in total. The fourth-order valence-electron chi connectivity index (χ4n) is 1.19. The van der Waals surface area contributed by atoms with Gasteiger partial charge in [-0.2, -0.15) is 0 Å². The number of carbonyl (C=O) groups is 1. The van der Waals surface area contributed by atoms with Crippen molar-refractivity contribution in [2.75, 3.05) is 39.3 Å². The van der Waals surface area contributed by atoms with E-state index < -0.39 is 0 Å². The van der Waals surface area contributed by atoms with E-state index >= 15 is 0 Å². The third-order valence-corrected chi connectivity index (χ3v) is 1.91. The van der Waals surface area contributed by atoms with Crippen molar-refractivity contribution < 1.29 is 4.79 Å². The van der Waals surface area contributed by atoms with Gasteiger partial charge in [-0.25, -0.2) is 4.79 Å². The number of primary amides is 1. The van der Waals surface area contributed by atoms with Crippen molar-refractivity contribution in [3.63, 3.8) is 0 Å². The van der Waals surface area contributed by atoms with Crippen LogP contribution in [0.15, 0.2) is 0 Å². The molecule has 70 valence electrons. The molecule has 0 atom stereocenters. The number of urea groups is 1. The first-order valence-electron chi connectivity index (χ1n) is 4.26. The maximum absolute atomic E-state index is 10.8. The molecule has 0 aromatic rings. The zero-order chi connectivity index (χ0) is 8.81. The number of carbonyl (C=O) groups excluding carboxylic acids is 1. The highest BCUT2D eigenvalue weighted by atomic mass is 16.2. The Morgan fingerprint density at radius 2 is 1.58 bits per heavy atom. The summed E-state index contributed by atoms with van der Waals surface area (Å²) in [4.78, 5) is 12.5. The Morgan fingerprint density at radius 1 is 1.08 bits per heavy atom. The molecule has 5 nitrogen and oxygen atoms in total. The third kappa shape index (κ3) is 3.06. The van der Waals surface area contributed by atoms with Gasteiger partial charge in [0.25, 0.3) is 0 Å². The Bertz CT molecular complexity index is 140. The van der Waals surface area contributed by atoms with Gasteiger partial charge < -0.3 is 21.3 Å². The molecular weight excluding hydrogens is 156 g/mol. The maximum atomic E-state index is 10.8. The van der Waals surface area contributed by atoms with Crippen molar-refractivity contribution in [2.45, 2.75) is 0 Å².